The maximum absolute atomic E-state index is 4.28. The van der Waals surface area contributed by atoms with E-state index in [1.807, 2.05) is 17.9 Å². The molecule has 3 nitrogen and oxygen atoms in total. The molecule has 0 spiro atoms. The maximum atomic E-state index is 4.28. The fourth-order valence-electron chi connectivity index (χ4n) is 1.09. The van der Waals surface area contributed by atoms with Gasteiger partial charge in [0, 0.05) is 32.3 Å². The van der Waals surface area contributed by atoms with Crippen molar-refractivity contribution in [1.82, 2.24) is 15.1 Å². The summed E-state index contributed by atoms with van der Waals surface area (Å²) in [6, 6.07) is 2.62. The van der Waals surface area contributed by atoms with E-state index in [1.54, 1.807) is 0 Å². The Morgan fingerprint density at radius 2 is 2.33 bits per heavy atom. The van der Waals surface area contributed by atoms with Crippen molar-refractivity contribution in [2.45, 2.75) is 26.3 Å². The van der Waals surface area contributed by atoms with Crippen LogP contribution in [0.15, 0.2) is 12.3 Å². The zero-order chi connectivity index (χ0) is 8.97. The molecule has 0 saturated heterocycles. The summed E-state index contributed by atoms with van der Waals surface area (Å²) in [4.78, 5) is 0. The first-order valence-corrected chi connectivity index (χ1v) is 4.40. The molecule has 0 saturated carbocycles. The monoisotopic (exact) mass is 167 g/mol. The van der Waals surface area contributed by atoms with Crippen LogP contribution in [0.3, 0.4) is 0 Å². The van der Waals surface area contributed by atoms with E-state index in [9.17, 15) is 0 Å². The van der Waals surface area contributed by atoms with Gasteiger partial charge < -0.3 is 5.32 Å². The highest BCUT2D eigenvalue weighted by Crippen LogP contribution is 1.94. The predicted octanol–water partition coefficient (Wildman–Crippen LogP) is 0.961. The van der Waals surface area contributed by atoms with Gasteiger partial charge in [0.15, 0.2) is 0 Å². The third kappa shape index (κ3) is 3.05. The lowest BCUT2D eigenvalue weighted by atomic mass is 10.3. The Kier molecular flexibility index (Phi) is 3.29. The number of hydrogen-bond acceptors (Lipinski definition) is 2. The van der Waals surface area contributed by atoms with Gasteiger partial charge in [-0.05, 0) is 6.07 Å². The highest BCUT2D eigenvalue weighted by Gasteiger charge is 1.96. The highest BCUT2D eigenvalue weighted by atomic mass is 15.2. The second-order valence-corrected chi connectivity index (χ2v) is 3.34. The van der Waals surface area contributed by atoms with Crippen LogP contribution < -0.4 is 5.32 Å². The smallest absolute Gasteiger partial charge is 0.0637 e. The van der Waals surface area contributed by atoms with Crippen LogP contribution in [-0.4, -0.2) is 22.4 Å². The molecule has 0 aromatic carbocycles. The normalized spacial score (nSPS) is 11.0. The highest BCUT2D eigenvalue weighted by molar-refractivity contribution is 4.98. The van der Waals surface area contributed by atoms with Gasteiger partial charge in [0.2, 0.25) is 0 Å². The average molecular weight is 167 g/mol. The SMILES string of the molecule is CC(C)NCCc1ccn(C)n1. The molecule has 12 heavy (non-hydrogen) atoms. The number of nitrogens with zero attached hydrogens (tertiary/aromatic N) is 2. The summed E-state index contributed by atoms with van der Waals surface area (Å²) in [7, 11) is 1.94. The lowest BCUT2D eigenvalue weighted by Gasteiger charge is -2.05. The second-order valence-electron chi connectivity index (χ2n) is 3.34. The molecule has 0 fully saturated rings. The van der Waals surface area contributed by atoms with E-state index in [4.69, 9.17) is 0 Å². The molecule has 1 N–H and O–H groups in total. The van der Waals surface area contributed by atoms with Crippen molar-refractivity contribution in [3.63, 3.8) is 0 Å². The standard InChI is InChI=1S/C9H17N3/c1-8(2)10-6-4-9-5-7-12(3)11-9/h5,7-8,10H,4,6H2,1-3H3. The molecule has 1 heterocycles. The van der Waals surface area contributed by atoms with Gasteiger partial charge in [0.05, 0.1) is 5.69 Å². The molecule has 1 rings (SSSR count). The number of nitrogens with one attached hydrogen (secondary N) is 1. The number of aromatic nitrogens is 2. The average Bonchev–Trinajstić information content (AvgIpc) is 2.35. The maximum Gasteiger partial charge on any atom is 0.0637 e. The molecule has 1 aromatic heterocycles. The number of aryl methyl sites for hydroxylation is 1. The zero-order valence-electron chi connectivity index (χ0n) is 8.04. The first kappa shape index (κ1) is 9.26. The van der Waals surface area contributed by atoms with Crippen LogP contribution in [0.25, 0.3) is 0 Å². The first-order chi connectivity index (χ1) is 5.68. The van der Waals surface area contributed by atoms with Gasteiger partial charge in [-0.1, -0.05) is 13.8 Å². The molecule has 0 unspecified atom stereocenters. The van der Waals surface area contributed by atoms with Crippen LogP contribution in [-0.2, 0) is 13.5 Å². The molecular weight excluding hydrogens is 150 g/mol. The van der Waals surface area contributed by atoms with Crippen LogP contribution in [0.5, 0.6) is 0 Å². The van der Waals surface area contributed by atoms with Crippen LogP contribution in [0, 0.1) is 0 Å². The Labute approximate surface area is 73.8 Å². The van der Waals surface area contributed by atoms with Gasteiger partial charge in [0.25, 0.3) is 0 Å². The minimum atomic E-state index is 0.564. The van der Waals surface area contributed by atoms with E-state index in [2.05, 4.69) is 30.3 Å². The van der Waals surface area contributed by atoms with Gasteiger partial charge in [-0.25, -0.2) is 0 Å². The third-order valence-corrected chi connectivity index (χ3v) is 1.70. The van der Waals surface area contributed by atoms with Crippen LogP contribution in [0.1, 0.15) is 19.5 Å². The van der Waals surface area contributed by atoms with Crippen LogP contribution in [0.2, 0.25) is 0 Å². The summed E-state index contributed by atoms with van der Waals surface area (Å²) in [5, 5.41) is 7.64. The van der Waals surface area contributed by atoms with Gasteiger partial charge in [0.1, 0.15) is 0 Å². The first-order valence-electron chi connectivity index (χ1n) is 4.40. The molecule has 0 aliphatic carbocycles. The second kappa shape index (κ2) is 4.26. The largest absolute Gasteiger partial charge is 0.314 e. The summed E-state index contributed by atoms with van der Waals surface area (Å²) >= 11 is 0. The molecule has 0 amide bonds. The molecule has 68 valence electrons. The summed E-state index contributed by atoms with van der Waals surface area (Å²) in [5.74, 6) is 0. The lowest BCUT2D eigenvalue weighted by Crippen LogP contribution is -2.25. The molecule has 0 aliphatic heterocycles. The van der Waals surface area contributed by atoms with E-state index in [-0.39, 0.29) is 0 Å². The van der Waals surface area contributed by atoms with E-state index >= 15 is 0 Å². The summed E-state index contributed by atoms with van der Waals surface area (Å²) < 4.78 is 1.84. The fourth-order valence-corrected chi connectivity index (χ4v) is 1.09. The van der Waals surface area contributed by atoms with Crippen molar-refractivity contribution < 1.29 is 0 Å². The molecule has 1 aromatic rings. The van der Waals surface area contributed by atoms with Gasteiger partial charge >= 0.3 is 0 Å². The lowest BCUT2D eigenvalue weighted by molar-refractivity contribution is 0.584. The molecule has 0 bridgehead atoms. The van der Waals surface area contributed by atoms with Crippen molar-refractivity contribution in [3.05, 3.63) is 18.0 Å². The van der Waals surface area contributed by atoms with Gasteiger partial charge in [-0.15, -0.1) is 0 Å². The Balaban J connectivity index is 2.24. The molecule has 0 atom stereocenters. The third-order valence-electron chi connectivity index (χ3n) is 1.70. The van der Waals surface area contributed by atoms with Crippen molar-refractivity contribution in [2.24, 2.45) is 7.05 Å². The summed E-state index contributed by atoms with van der Waals surface area (Å²) in [6.45, 7) is 5.31. The van der Waals surface area contributed by atoms with E-state index in [1.165, 1.54) is 0 Å². The Bertz CT molecular complexity index is 227. The van der Waals surface area contributed by atoms with Crippen LogP contribution >= 0.6 is 0 Å². The van der Waals surface area contributed by atoms with Gasteiger partial charge in [-0.2, -0.15) is 5.10 Å². The van der Waals surface area contributed by atoms with Crippen molar-refractivity contribution >= 4 is 0 Å². The number of rotatable bonds is 4. The van der Waals surface area contributed by atoms with Crippen molar-refractivity contribution in [3.8, 4) is 0 Å². The minimum Gasteiger partial charge on any atom is -0.314 e. The molecule has 0 aliphatic rings. The molecular formula is C9H17N3. The van der Waals surface area contributed by atoms with Crippen molar-refractivity contribution in [1.29, 1.82) is 0 Å². The summed E-state index contributed by atoms with van der Waals surface area (Å²) in [6.07, 6.45) is 2.99. The zero-order valence-corrected chi connectivity index (χ0v) is 8.04. The Morgan fingerprint density at radius 3 is 2.83 bits per heavy atom. The van der Waals surface area contributed by atoms with Gasteiger partial charge in [-0.3, -0.25) is 4.68 Å². The Morgan fingerprint density at radius 1 is 1.58 bits per heavy atom. The molecule has 3 heteroatoms. The quantitative estimate of drug-likeness (QED) is 0.724. The topological polar surface area (TPSA) is 29.9 Å². The van der Waals surface area contributed by atoms with E-state index in [0.29, 0.717) is 6.04 Å². The number of hydrogen-bond donors (Lipinski definition) is 1. The summed E-state index contributed by atoms with van der Waals surface area (Å²) in [5.41, 5.74) is 1.16. The fraction of sp³-hybridized carbons (Fsp3) is 0.667. The Hall–Kier alpha value is -0.830. The predicted molar refractivity (Wildman–Crippen MR) is 50.1 cm³/mol. The van der Waals surface area contributed by atoms with E-state index < -0.39 is 0 Å². The van der Waals surface area contributed by atoms with E-state index in [0.717, 1.165) is 18.7 Å². The van der Waals surface area contributed by atoms with Crippen LogP contribution in [0.4, 0.5) is 0 Å². The minimum absolute atomic E-state index is 0.564. The molecule has 0 radical (unpaired) electrons. The van der Waals surface area contributed by atoms with Crippen molar-refractivity contribution in [2.75, 3.05) is 6.54 Å².